The molecular formula is C9H16ClNO3S. The van der Waals surface area contributed by atoms with Gasteiger partial charge in [0.25, 0.3) is 0 Å². The largest absolute Gasteiger partial charge is 0.335 e. The SMILES string of the molecule is CC1(C)C(Cl)CCN1C(=O)CS(C)(=O)=O. The minimum Gasteiger partial charge on any atom is -0.335 e. The highest BCUT2D eigenvalue weighted by Gasteiger charge is 2.43. The lowest BCUT2D eigenvalue weighted by Gasteiger charge is -2.33. The van der Waals surface area contributed by atoms with Crippen LogP contribution in [0.1, 0.15) is 20.3 Å². The Labute approximate surface area is 95.5 Å². The predicted molar refractivity (Wildman–Crippen MR) is 59.8 cm³/mol. The molecule has 1 atom stereocenters. The summed E-state index contributed by atoms with van der Waals surface area (Å²) in [7, 11) is -3.26. The molecule has 0 N–H and O–H groups in total. The van der Waals surface area contributed by atoms with Crippen LogP contribution in [-0.2, 0) is 14.6 Å². The molecule has 1 saturated heterocycles. The summed E-state index contributed by atoms with van der Waals surface area (Å²) < 4.78 is 22.0. The molecule has 0 aromatic rings. The Morgan fingerprint density at radius 3 is 2.40 bits per heavy atom. The Balaban J connectivity index is 2.78. The normalized spacial score (nSPS) is 25.6. The molecule has 0 spiro atoms. The number of carbonyl (C=O) groups is 1. The number of rotatable bonds is 2. The van der Waals surface area contributed by atoms with E-state index in [4.69, 9.17) is 11.6 Å². The maximum Gasteiger partial charge on any atom is 0.238 e. The Hall–Kier alpha value is -0.290. The highest BCUT2D eigenvalue weighted by atomic mass is 35.5. The van der Waals surface area contributed by atoms with Crippen molar-refractivity contribution < 1.29 is 13.2 Å². The van der Waals surface area contributed by atoms with Crippen molar-refractivity contribution >= 4 is 27.3 Å². The van der Waals surface area contributed by atoms with Gasteiger partial charge in [0, 0.05) is 12.8 Å². The van der Waals surface area contributed by atoms with Crippen LogP contribution in [0, 0.1) is 0 Å². The van der Waals surface area contributed by atoms with Crippen LogP contribution in [0.15, 0.2) is 0 Å². The lowest BCUT2D eigenvalue weighted by molar-refractivity contribution is -0.131. The molecule has 4 nitrogen and oxygen atoms in total. The van der Waals surface area contributed by atoms with Crippen LogP contribution in [0.25, 0.3) is 0 Å². The number of amides is 1. The molecule has 1 fully saturated rings. The summed E-state index contributed by atoms with van der Waals surface area (Å²) in [6.45, 7) is 4.26. The van der Waals surface area contributed by atoms with E-state index in [-0.39, 0.29) is 11.3 Å². The van der Waals surface area contributed by atoms with Gasteiger partial charge in [-0.1, -0.05) is 0 Å². The van der Waals surface area contributed by atoms with E-state index in [1.807, 2.05) is 13.8 Å². The second-order valence-electron chi connectivity index (χ2n) is 4.53. The fourth-order valence-electron chi connectivity index (χ4n) is 1.80. The molecule has 1 aliphatic heterocycles. The third-order valence-electron chi connectivity index (χ3n) is 2.76. The minimum atomic E-state index is -3.26. The fraction of sp³-hybridized carbons (Fsp3) is 0.889. The molecule has 1 unspecified atom stereocenters. The first-order valence-electron chi connectivity index (χ1n) is 4.77. The van der Waals surface area contributed by atoms with E-state index in [1.165, 1.54) is 0 Å². The zero-order valence-corrected chi connectivity index (χ0v) is 10.7. The molecule has 6 heteroatoms. The molecule has 0 aromatic carbocycles. The molecule has 0 radical (unpaired) electrons. The maximum absolute atomic E-state index is 11.7. The summed E-state index contributed by atoms with van der Waals surface area (Å²) in [4.78, 5) is 13.3. The van der Waals surface area contributed by atoms with Crippen molar-refractivity contribution in [2.45, 2.75) is 31.2 Å². The van der Waals surface area contributed by atoms with Gasteiger partial charge in [-0.05, 0) is 20.3 Å². The second-order valence-corrected chi connectivity index (χ2v) is 7.19. The second kappa shape index (κ2) is 3.94. The van der Waals surface area contributed by atoms with E-state index in [0.29, 0.717) is 13.0 Å². The maximum atomic E-state index is 11.7. The first-order valence-corrected chi connectivity index (χ1v) is 7.26. The highest BCUT2D eigenvalue weighted by molar-refractivity contribution is 7.91. The molecule has 88 valence electrons. The first kappa shape index (κ1) is 12.8. The summed E-state index contributed by atoms with van der Waals surface area (Å²) in [6.07, 6.45) is 1.77. The molecule has 15 heavy (non-hydrogen) atoms. The van der Waals surface area contributed by atoms with E-state index in [9.17, 15) is 13.2 Å². The van der Waals surface area contributed by atoms with Gasteiger partial charge in [0.2, 0.25) is 5.91 Å². The van der Waals surface area contributed by atoms with E-state index < -0.39 is 21.1 Å². The van der Waals surface area contributed by atoms with Crippen LogP contribution in [0.2, 0.25) is 0 Å². The number of hydrogen-bond donors (Lipinski definition) is 0. The molecule has 1 heterocycles. The average molecular weight is 254 g/mol. The molecular weight excluding hydrogens is 238 g/mol. The summed E-state index contributed by atoms with van der Waals surface area (Å²) >= 11 is 6.07. The molecule has 0 saturated carbocycles. The quantitative estimate of drug-likeness (QED) is 0.679. The summed E-state index contributed by atoms with van der Waals surface area (Å²) in [5, 5.41) is -0.110. The van der Waals surface area contributed by atoms with Crippen LogP contribution in [0.3, 0.4) is 0 Å². The minimum absolute atomic E-state index is 0.110. The number of sulfone groups is 1. The summed E-state index contributed by atoms with van der Waals surface area (Å²) in [6, 6.07) is 0. The molecule has 1 amide bonds. The van der Waals surface area contributed by atoms with E-state index in [1.54, 1.807) is 4.90 Å². The number of carbonyl (C=O) groups excluding carboxylic acids is 1. The Morgan fingerprint density at radius 1 is 1.53 bits per heavy atom. The Bertz CT molecular complexity index is 364. The van der Waals surface area contributed by atoms with Crippen LogP contribution in [0.4, 0.5) is 0 Å². The van der Waals surface area contributed by atoms with Gasteiger partial charge in [0.15, 0.2) is 9.84 Å². The fourth-order valence-corrected chi connectivity index (χ4v) is 2.62. The van der Waals surface area contributed by atoms with Crippen molar-refractivity contribution in [3.63, 3.8) is 0 Å². The zero-order chi connectivity index (χ0) is 11.9. The van der Waals surface area contributed by atoms with E-state index in [2.05, 4.69) is 0 Å². The lowest BCUT2D eigenvalue weighted by atomic mass is 10.0. The van der Waals surface area contributed by atoms with Gasteiger partial charge >= 0.3 is 0 Å². The summed E-state index contributed by atoms with van der Waals surface area (Å²) in [5.41, 5.74) is -0.455. The van der Waals surface area contributed by atoms with Crippen molar-refractivity contribution in [2.75, 3.05) is 18.6 Å². The number of hydrogen-bond acceptors (Lipinski definition) is 3. The van der Waals surface area contributed by atoms with Gasteiger partial charge < -0.3 is 4.90 Å². The number of likely N-dealkylation sites (tertiary alicyclic amines) is 1. The Morgan fingerprint density at radius 2 is 2.07 bits per heavy atom. The number of nitrogens with zero attached hydrogens (tertiary/aromatic N) is 1. The first-order chi connectivity index (χ1) is 6.64. The Kier molecular flexibility index (Phi) is 3.36. The molecule has 0 aliphatic carbocycles. The highest BCUT2D eigenvalue weighted by Crippen LogP contribution is 2.32. The van der Waals surface area contributed by atoms with Crippen LogP contribution >= 0.6 is 11.6 Å². The van der Waals surface area contributed by atoms with Crippen LogP contribution in [-0.4, -0.2) is 48.7 Å². The lowest BCUT2D eigenvalue weighted by Crippen LogP contribution is -2.48. The predicted octanol–water partition coefficient (Wildman–Crippen LogP) is 0.649. The van der Waals surface area contributed by atoms with Gasteiger partial charge in [-0.15, -0.1) is 11.6 Å². The van der Waals surface area contributed by atoms with Gasteiger partial charge in [-0.3, -0.25) is 4.79 Å². The topological polar surface area (TPSA) is 54.5 Å². The van der Waals surface area contributed by atoms with Gasteiger partial charge in [-0.25, -0.2) is 8.42 Å². The van der Waals surface area contributed by atoms with Gasteiger partial charge in [0.1, 0.15) is 5.75 Å². The number of halogens is 1. The molecule has 0 aromatic heterocycles. The summed E-state index contributed by atoms with van der Waals surface area (Å²) in [5.74, 6) is -0.786. The van der Waals surface area contributed by atoms with Crippen molar-refractivity contribution in [1.82, 2.24) is 4.90 Å². The van der Waals surface area contributed by atoms with Crippen molar-refractivity contribution in [1.29, 1.82) is 0 Å². The number of alkyl halides is 1. The van der Waals surface area contributed by atoms with Gasteiger partial charge in [-0.2, -0.15) is 0 Å². The van der Waals surface area contributed by atoms with Crippen LogP contribution in [0.5, 0.6) is 0 Å². The van der Waals surface area contributed by atoms with Gasteiger partial charge in [0.05, 0.1) is 10.9 Å². The molecule has 0 bridgehead atoms. The zero-order valence-electron chi connectivity index (χ0n) is 9.16. The van der Waals surface area contributed by atoms with Crippen LogP contribution < -0.4 is 0 Å². The smallest absolute Gasteiger partial charge is 0.238 e. The third kappa shape index (κ3) is 2.84. The molecule has 1 aliphatic rings. The standard InChI is InChI=1S/C9H16ClNO3S/c1-9(2)7(10)4-5-11(9)8(12)6-15(3,13)14/h7H,4-6H2,1-3H3. The monoisotopic (exact) mass is 253 g/mol. The van der Waals surface area contributed by atoms with Crippen molar-refractivity contribution in [2.24, 2.45) is 0 Å². The van der Waals surface area contributed by atoms with E-state index in [0.717, 1.165) is 6.26 Å². The average Bonchev–Trinajstić information content (AvgIpc) is 2.23. The van der Waals surface area contributed by atoms with Crippen molar-refractivity contribution in [3.8, 4) is 0 Å². The third-order valence-corrected chi connectivity index (χ3v) is 4.28. The van der Waals surface area contributed by atoms with E-state index >= 15 is 0 Å². The molecule has 1 rings (SSSR count). The van der Waals surface area contributed by atoms with Crippen molar-refractivity contribution in [3.05, 3.63) is 0 Å².